The van der Waals surface area contributed by atoms with Gasteiger partial charge >= 0.3 is 12.0 Å². The number of aryl methyl sites for hydroxylation is 1. The van der Waals surface area contributed by atoms with Crippen LogP contribution in [0.1, 0.15) is 32.3 Å². The van der Waals surface area contributed by atoms with Crippen LogP contribution in [-0.4, -0.2) is 22.6 Å². The van der Waals surface area contributed by atoms with Crippen LogP contribution in [0.5, 0.6) is 0 Å². The molecule has 0 aromatic heterocycles. The highest BCUT2D eigenvalue weighted by Gasteiger charge is 2.33. The normalized spacial score (nSPS) is 13.4. The summed E-state index contributed by atoms with van der Waals surface area (Å²) < 4.78 is 13.8. The second-order valence-electron chi connectivity index (χ2n) is 5.05. The molecule has 0 saturated carbocycles. The van der Waals surface area contributed by atoms with Crippen LogP contribution in [0.2, 0.25) is 0 Å². The third kappa shape index (κ3) is 4.42. The van der Waals surface area contributed by atoms with Gasteiger partial charge in [0.25, 0.3) is 0 Å². The van der Waals surface area contributed by atoms with Crippen LogP contribution in [-0.2, 0) is 4.79 Å². The van der Waals surface area contributed by atoms with Crippen LogP contribution >= 0.6 is 15.9 Å². The summed E-state index contributed by atoms with van der Waals surface area (Å²) in [7, 11) is 0. The number of nitrogens with one attached hydrogen (secondary N) is 2. The van der Waals surface area contributed by atoms with Crippen molar-refractivity contribution in [2.75, 3.05) is 5.32 Å². The van der Waals surface area contributed by atoms with Gasteiger partial charge in [-0.2, -0.15) is 0 Å². The van der Waals surface area contributed by atoms with Crippen molar-refractivity contribution in [1.29, 1.82) is 0 Å². The molecule has 1 rings (SSSR count). The van der Waals surface area contributed by atoms with Crippen LogP contribution in [0.25, 0.3) is 0 Å². The molecule has 0 saturated heterocycles. The van der Waals surface area contributed by atoms with Crippen molar-refractivity contribution in [2.45, 2.75) is 39.2 Å². The minimum absolute atomic E-state index is 0.289. The van der Waals surface area contributed by atoms with Gasteiger partial charge in [0.05, 0.1) is 4.47 Å². The van der Waals surface area contributed by atoms with Crippen LogP contribution in [0, 0.1) is 12.7 Å². The molecule has 1 atom stereocenters. The van der Waals surface area contributed by atoms with E-state index in [0.29, 0.717) is 22.9 Å². The molecule has 1 aromatic rings. The van der Waals surface area contributed by atoms with E-state index in [2.05, 4.69) is 26.6 Å². The molecule has 0 aliphatic rings. The summed E-state index contributed by atoms with van der Waals surface area (Å²) >= 11 is 3.05. The highest BCUT2D eigenvalue weighted by atomic mass is 79.9. The Morgan fingerprint density at radius 1 is 1.43 bits per heavy atom. The van der Waals surface area contributed by atoms with Crippen molar-refractivity contribution >= 4 is 33.6 Å². The molecule has 0 spiro atoms. The minimum atomic E-state index is -1.36. The van der Waals surface area contributed by atoms with Gasteiger partial charge in [-0.15, -0.1) is 0 Å². The second kappa shape index (κ2) is 6.89. The fourth-order valence-electron chi connectivity index (χ4n) is 1.91. The van der Waals surface area contributed by atoms with Crippen molar-refractivity contribution in [3.63, 3.8) is 0 Å². The van der Waals surface area contributed by atoms with E-state index in [9.17, 15) is 19.1 Å². The fourth-order valence-corrected chi connectivity index (χ4v) is 2.37. The number of carbonyl (C=O) groups is 2. The molecular weight excluding hydrogens is 343 g/mol. The number of rotatable bonds is 5. The van der Waals surface area contributed by atoms with Gasteiger partial charge in [0.15, 0.2) is 0 Å². The predicted molar refractivity (Wildman–Crippen MR) is 81.9 cm³/mol. The van der Waals surface area contributed by atoms with Gasteiger partial charge in [-0.25, -0.2) is 14.0 Å². The molecule has 2 amide bonds. The lowest BCUT2D eigenvalue weighted by atomic mass is 9.97. The summed E-state index contributed by atoms with van der Waals surface area (Å²) in [5.74, 6) is -1.62. The van der Waals surface area contributed by atoms with Crippen LogP contribution in [0.4, 0.5) is 14.9 Å². The highest BCUT2D eigenvalue weighted by Crippen LogP contribution is 2.24. The molecule has 0 heterocycles. The number of halogens is 2. The lowest BCUT2D eigenvalue weighted by Gasteiger charge is -2.26. The van der Waals surface area contributed by atoms with Gasteiger partial charge in [0.1, 0.15) is 11.4 Å². The molecule has 0 fully saturated rings. The monoisotopic (exact) mass is 360 g/mol. The Bertz CT molecular complexity index is 565. The number of carboxylic acids is 1. The SMILES string of the molecule is CCCC(C)(NC(=O)Nc1cc(F)c(Br)cc1C)C(=O)O. The maximum atomic E-state index is 13.5. The van der Waals surface area contributed by atoms with Crippen LogP contribution in [0.3, 0.4) is 0 Å². The first-order chi connectivity index (χ1) is 9.69. The number of urea groups is 1. The molecule has 5 nitrogen and oxygen atoms in total. The Hall–Kier alpha value is -1.63. The summed E-state index contributed by atoms with van der Waals surface area (Å²) in [5, 5.41) is 14.1. The number of anilines is 1. The van der Waals surface area contributed by atoms with E-state index in [1.165, 1.54) is 19.1 Å². The summed E-state index contributed by atoms with van der Waals surface area (Å²) in [4.78, 5) is 23.2. The van der Waals surface area contributed by atoms with Gasteiger partial charge < -0.3 is 15.7 Å². The van der Waals surface area contributed by atoms with E-state index in [0.717, 1.165) is 0 Å². The van der Waals surface area contributed by atoms with Gasteiger partial charge in [-0.3, -0.25) is 0 Å². The number of carboxylic acid groups (broad SMARTS) is 1. The van der Waals surface area contributed by atoms with Gasteiger partial charge in [-0.1, -0.05) is 13.3 Å². The van der Waals surface area contributed by atoms with Crippen molar-refractivity contribution in [3.05, 3.63) is 28.0 Å². The van der Waals surface area contributed by atoms with Crippen LogP contribution in [0.15, 0.2) is 16.6 Å². The van der Waals surface area contributed by atoms with E-state index in [1.54, 1.807) is 6.92 Å². The van der Waals surface area contributed by atoms with E-state index in [-0.39, 0.29) is 5.69 Å². The first-order valence-electron chi connectivity index (χ1n) is 6.48. The van der Waals surface area contributed by atoms with Crippen molar-refractivity contribution in [1.82, 2.24) is 5.32 Å². The Morgan fingerprint density at radius 3 is 2.57 bits per heavy atom. The quantitative estimate of drug-likeness (QED) is 0.749. The van der Waals surface area contributed by atoms with E-state index in [4.69, 9.17) is 0 Å². The number of benzene rings is 1. The van der Waals surface area contributed by atoms with E-state index in [1.807, 2.05) is 6.92 Å². The number of carbonyl (C=O) groups excluding carboxylic acids is 1. The summed E-state index contributed by atoms with van der Waals surface area (Å²) in [6.45, 7) is 4.98. The first-order valence-corrected chi connectivity index (χ1v) is 7.27. The molecule has 1 aromatic carbocycles. The lowest BCUT2D eigenvalue weighted by Crippen LogP contribution is -2.53. The average molecular weight is 361 g/mol. The summed E-state index contributed by atoms with van der Waals surface area (Å²) in [6, 6.07) is 2.03. The average Bonchev–Trinajstić information content (AvgIpc) is 2.35. The molecule has 7 heteroatoms. The molecule has 0 radical (unpaired) electrons. The van der Waals surface area contributed by atoms with Gasteiger partial charge in [0, 0.05) is 5.69 Å². The molecular formula is C14H18BrFN2O3. The second-order valence-corrected chi connectivity index (χ2v) is 5.90. The number of hydrogen-bond acceptors (Lipinski definition) is 2. The highest BCUT2D eigenvalue weighted by molar-refractivity contribution is 9.10. The topological polar surface area (TPSA) is 78.4 Å². The molecule has 0 aliphatic carbocycles. The summed E-state index contributed by atoms with van der Waals surface area (Å²) in [6.07, 6.45) is 0.901. The third-order valence-corrected chi connectivity index (χ3v) is 3.73. The van der Waals surface area contributed by atoms with Gasteiger partial charge in [0.2, 0.25) is 0 Å². The molecule has 0 aliphatic heterocycles. The summed E-state index contributed by atoms with van der Waals surface area (Å²) in [5.41, 5.74) is -0.413. The van der Waals surface area contributed by atoms with Crippen LogP contribution < -0.4 is 10.6 Å². The van der Waals surface area contributed by atoms with Crippen molar-refractivity contribution in [2.24, 2.45) is 0 Å². The minimum Gasteiger partial charge on any atom is -0.480 e. The van der Waals surface area contributed by atoms with E-state index >= 15 is 0 Å². The first kappa shape index (κ1) is 17.4. The fraction of sp³-hybridized carbons (Fsp3) is 0.429. The Labute approximate surface area is 131 Å². The molecule has 1 unspecified atom stereocenters. The zero-order valence-electron chi connectivity index (χ0n) is 12.1. The van der Waals surface area contributed by atoms with Crippen molar-refractivity contribution in [3.8, 4) is 0 Å². The smallest absolute Gasteiger partial charge is 0.329 e. The Morgan fingerprint density at radius 2 is 2.05 bits per heavy atom. The molecule has 0 bridgehead atoms. The zero-order chi connectivity index (χ0) is 16.2. The third-order valence-electron chi connectivity index (χ3n) is 3.13. The van der Waals surface area contributed by atoms with Gasteiger partial charge in [-0.05, 0) is 53.9 Å². The maximum Gasteiger partial charge on any atom is 0.329 e. The number of aliphatic carboxylic acids is 1. The molecule has 21 heavy (non-hydrogen) atoms. The largest absolute Gasteiger partial charge is 0.480 e. The standard InChI is InChI=1S/C14H18BrFN2O3/c1-4-5-14(3,12(19)20)18-13(21)17-11-7-10(16)9(15)6-8(11)2/h6-7H,4-5H2,1-3H3,(H,19,20)(H2,17,18,21). The molecule has 116 valence electrons. The predicted octanol–water partition coefficient (Wildman–Crippen LogP) is 3.66. The maximum absolute atomic E-state index is 13.5. The van der Waals surface area contributed by atoms with E-state index < -0.39 is 23.4 Å². The zero-order valence-corrected chi connectivity index (χ0v) is 13.7. The number of hydrogen-bond donors (Lipinski definition) is 3. The lowest BCUT2D eigenvalue weighted by molar-refractivity contribution is -0.143. The molecule has 3 N–H and O–H groups in total. The number of amides is 2. The Balaban J connectivity index is 2.87. The van der Waals surface area contributed by atoms with Crippen molar-refractivity contribution < 1.29 is 19.1 Å². The Kier molecular flexibility index (Phi) is 5.71.